The first kappa shape index (κ1) is 31.8. The van der Waals surface area contributed by atoms with Crippen LogP contribution in [0.15, 0.2) is 219 Å². The van der Waals surface area contributed by atoms with E-state index >= 15 is 0 Å². The second-order valence-electron chi connectivity index (χ2n) is 12.9. The van der Waals surface area contributed by atoms with Crippen LogP contribution in [0.2, 0.25) is 0 Å². The van der Waals surface area contributed by atoms with E-state index in [0.29, 0.717) is 0 Å². The summed E-state index contributed by atoms with van der Waals surface area (Å²) >= 11 is 0. The fraction of sp³-hybridized carbons (Fsp3) is 0.0400. The quantitative estimate of drug-likeness (QED) is 0.140. The van der Waals surface area contributed by atoms with Crippen LogP contribution in [0.3, 0.4) is 0 Å². The van der Waals surface area contributed by atoms with Gasteiger partial charge in [0.05, 0.1) is 5.41 Å². The van der Waals surface area contributed by atoms with E-state index in [2.05, 4.69) is 230 Å². The molecule has 0 aromatic heterocycles. The molecular formula is C50H39N. The largest absolute Gasteiger partial charge is 0.317 e. The summed E-state index contributed by atoms with van der Waals surface area (Å²) in [4.78, 5) is 2.32. The maximum Gasteiger partial charge on any atom is 0.0714 e. The number of hydrogen-bond donors (Lipinski definition) is 0. The van der Waals surface area contributed by atoms with E-state index in [4.69, 9.17) is 0 Å². The molecule has 51 heavy (non-hydrogen) atoms. The Labute approximate surface area is 301 Å². The predicted molar refractivity (Wildman–Crippen MR) is 216 cm³/mol. The molecule has 0 saturated carbocycles. The highest BCUT2D eigenvalue weighted by molar-refractivity contribution is 5.88. The van der Waals surface area contributed by atoms with E-state index in [1.165, 1.54) is 50.1 Å². The van der Waals surface area contributed by atoms with E-state index in [-0.39, 0.29) is 0 Å². The van der Waals surface area contributed by atoms with E-state index in [0.717, 1.165) is 16.9 Å². The standard InChI is InChI=1S/C50H39N/c1-2-19-38(39-20-7-3-8-21-39)25-18-35-51(44-30-17-24-41(36-44)40-22-9-4-10-23-40)45-33-34-47-46-31-15-16-32-48(46)50(49(47)37-45,42-26-11-5-12-27-42)43-28-13-6-14-29-43/h2-37H,1H3/b19-2-,35-18+,38-25+. The van der Waals surface area contributed by atoms with Crippen LogP contribution >= 0.6 is 0 Å². The Hall–Kier alpha value is -6.44. The number of hydrogen-bond acceptors (Lipinski definition) is 1. The fourth-order valence-electron chi connectivity index (χ4n) is 7.66. The second kappa shape index (κ2) is 14.2. The van der Waals surface area contributed by atoms with E-state index in [1.54, 1.807) is 0 Å². The molecule has 0 spiro atoms. The highest BCUT2D eigenvalue weighted by Crippen LogP contribution is 2.56. The third-order valence-corrected chi connectivity index (χ3v) is 9.92. The Morgan fingerprint density at radius 1 is 0.490 bits per heavy atom. The van der Waals surface area contributed by atoms with Gasteiger partial charge in [-0.1, -0.05) is 182 Å². The van der Waals surface area contributed by atoms with Crippen LogP contribution in [-0.4, -0.2) is 0 Å². The average Bonchev–Trinajstić information content (AvgIpc) is 3.51. The minimum absolute atomic E-state index is 0.474. The van der Waals surface area contributed by atoms with E-state index < -0.39 is 5.41 Å². The smallest absolute Gasteiger partial charge is 0.0714 e. The van der Waals surface area contributed by atoms with Crippen molar-refractivity contribution in [3.05, 3.63) is 246 Å². The van der Waals surface area contributed by atoms with E-state index in [9.17, 15) is 0 Å². The van der Waals surface area contributed by atoms with Crippen LogP contribution < -0.4 is 4.90 Å². The first-order valence-corrected chi connectivity index (χ1v) is 17.6. The highest BCUT2D eigenvalue weighted by Gasteiger charge is 2.46. The summed E-state index contributed by atoms with van der Waals surface area (Å²) in [6, 6.07) is 67.9. The van der Waals surface area contributed by atoms with E-state index in [1.807, 2.05) is 0 Å². The van der Waals surface area contributed by atoms with Crippen LogP contribution in [0, 0.1) is 0 Å². The molecular weight excluding hydrogens is 615 g/mol. The van der Waals surface area contributed by atoms with Crippen LogP contribution in [-0.2, 0) is 5.41 Å². The Morgan fingerprint density at radius 2 is 1.06 bits per heavy atom. The molecule has 1 heteroatoms. The van der Waals surface area contributed by atoms with Gasteiger partial charge in [-0.15, -0.1) is 0 Å². The van der Waals surface area contributed by atoms with Crippen molar-refractivity contribution in [2.75, 3.05) is 4.90 Å². The third-order valence-electron chi connectivity index (χ3n) is 9.92. The third kappa shape index (κ3) is 5.94. The van der Waals surface area contributed by atoms with Crippen molar-refractivity contribution in [1.29, 1.82) is 0 Å². The van der Waals surface area contributed by atoms with Crippen molar-refractivity contribution in [2.24, 2.45) is 0 Å². The van der Waals surface area contributed by atoms with Crippen molar-refractivity contribution < 1.29 is 0 Å². The van der Waals surface area contributed by atoms with Crippen LogP contribution in [0.1, 0.15) is 34.7 Å². The van der Waals surface area contributed by atoms with Crippen molar-refractivity contribution in [1.82, 2.24) is 0 Å². The maximum atomic E-state index is 2.42. The lowest BCUT2D eigenvalue weighted by molar-refractivity contribution is 0.768. The molecule has 244 valence electrons. The zero-order valence-electron chi connectivity index (χ0n) is 28.7. The molecule has 0 saturated heterocycles. The summed E-state index contributed by atoms with van der Waals surface area (Å²) in [6.45, 7) is 2.07. The number of allylic oxidation sites excluding steroid dienone is 5. The zero-order chi connectivity index (χ0) is 34.5. The number of fused-ring (bicyclic) bond motifs is 3. The first-order chi connectivity index (χ1) is 25.3. The average molecular weight is 654 g/mol. The normalized spacial score (nSPS) is 13.3. The molecule has 7 aromatic carbocycles. The molecule has 0 radical (unpaired) electrons. The maximum absolute atomic E-state index is 2.42. The molecule has 0 bridgehead atoms. The van der Waals surface area contributed by atoms with Crippen LogP contribution in [0.5, 0.6) is 0 Å². The Bertz CT molecular complexity index is 2310. The van der Waals surface area contributed by atoms with Crippen LogP contribution in [0.25, 0.3) is 27.8 Å². The molecule has 1 aliphatic rings. The summed E-state index contributed by atoms with van der Waals surface area (Å²) in [5.74, 6) is 0. The lowest BCUT2D eigenvalue weighted by Crippen LogP contribution is -2.28. The number of benzene rings is 7. The molecule has 7 aromatic rings. The van der Waals surface area contributed by atoms with Crippen molar-refractivity contribution in [3.63, 3.8) is 0 Å². The van der Waals surface area contributed by atoms with Crippen molar-refractivity contribution >= 4 is 16.9 Å². The summed E-state index contributed by atoms with van der Waals surface area (Å²) in [6.07, 6.45) is 10.8. The van der Waals surface area contributed by atoms with Gasteiger partial charge in [-0.2, -0.15) is 0 Å². The minimum atomic E-state index is -0.474. The molecule has 0 amide bonds. The first-order valence-electron chi connectivity index (χ1n) is 17.6. The summed E-state index contributed by atoms with van der Waals surface area (Å²) in [5, 5.41) is 0. The monoisotopic (exact) mass is 653 g/mol. The lowest BCUT2D eigenvalue weighted by Gasteiger charge is -2.34. The fourth-order valence-corrected chi connectivity index (χ4v) is 7.66. The molecule has 0 N–H and O–H groups in total. The van der Waals surface area contributed by atoms with Gasteiger partial charge in [-0.25, -0.2) is 0 Å². The number of anilines is 2. The molecule has 0 fully saturated rings. The zero-order valence-corrected chi connectivity index (χ0v) is 28.7. The van der Waals surface area contributed by atoms with Gasteiger partial charge in [0.1, 0.15) is 0 Å². The Morgan fingerprint density at radius 3 is 1.75 bits per heavy atom. The summed E-state index contributed by atoms with van der Waals surface area (Å²) in [5.41, 5.74) is 14.1. The van der Waals surface area contributed by atoms with Gasteiger partial charge >= 0.3 is 0 Å². The van der Waals surface area contributed by atoms with Crippen molar-refractivity contribution in [2.45, 2.75) is 12.3 Å². The molecule has 0 atom stereocenters. The molecule has 0 heterocycles. The van der Waals surface area contributed by atoms with Crippen molar-refractivity contribution in [3.8, 4) is 22.3 Å². The summed E-state index contributed by atoms with van der Waals surface area (Å²) in [7, 11) is 0. The molecule has 1 aliphatic carbocycles. The van der Waals surface area contributed by atoms with Gasteiger partial charge in [0.25, 0.3) is 0 Å². The molecule has 0 unspecified atom stereocenters. The van der Waals surface area contributed by atoms with Gasteiger partial charge in [-0.05, 0) is 92.9 Å². The highest BCUT2D eigenvalue weighted by atomic mass is 15.1. The predicted octanol–water partition coefficient (Wildman–Crippen LogP) is 13.0. The van der Waals surface area contributed by atoms with Gasteiger partial charge < -0.3 is 4.90 Å². The van der Waals surface area contributed by atoms with Gasteiger partial charge in [0.2, 0.25) is 0 Å². The number of rotatable bonds is 9. The molecule has 1 nitrogen and oxygen atoms in total. The Kier molecular flexibility index (Phi) is 8.85. The van der Waals surface area contributed by atoms with Gasteiger partial charge in [0, 0.05) is 17.6 Å². The minimum Gasteiger partial charge on any atom is -0.317 e. The Balaban J connectivity index is 1.34. The molecule has 8 rings (SSSR count). The van der Waals surface area contributed by atoms with Gasteiger partial charge in [0.15, 0.2) is 0 Å². The topological polar surface area (TPSA) is 3.24 Å². The SMILES string of the molecule is C\C=C/C(=C\C=C\N(c1cccc(-c2ccccc2)c1)c1ccc2c(c1)C(c1ccccc1)(c1ccccc1)c1ccccc1-2)c1ccccc1. The second-order valence-corrected chi connectivity index (χ2v) is 12.9. The van der Waals surface area contributed by atoms with Crippen LogP contribution in [0.4, 0.5) is 11.4 Å². The summed E-state index contributed by atoms with van der Waals surface area (Å²) < 4.78 is 0. The lowest BCUT2D eigenvalue weighted by atomic mass is 9.67. The number of nitrogens with zero attached hydrogens (tertiary/aromatic N) is 1. The van der Waals surface area contributed by atoms with Gasteiger partial charge in [-0.3, -0.25) is 0 Å². The molecule has 0 aliphatic heterocycles.